The van der Waals surface area contributed by atoms with E-state index in [2.05, 4.69) is 50.1 Å². The Balaban J connectivity index is 2.15. The monoisotopic (exact) mass is 423 g/mol. The van der Waals surface area contributed by atoms with Crippen LogP contribution in [0.25, 0.3) is 10.8 Å². The summed E-state index contributed by atoms with van der Waals surface area (Å²) in [5.74, 6) is 0. The number of fused-ring (bicyclic) bond motifs is 1. The van der Waals surface area contributed by atoms with Crippen LogP contribution in [0.4, 0.5) is 0 Å². The highest BCUT2D eigenvalue weighted by Gasteiger charge is 2.14. The third kappa shape index (κ3) is 2.88. The molecule has 0 amide bonds. The van der Waals surface area contributed by atoms with Gasteiger partial charge in [-0.3, -0.25) is 0 Å². The first-order valence-corrected chi connectivity index (χ1v) is 8.42. The summed E-state index contributed by atoms with van der Waals surface area (Å²) in [5.41, 5.74) is 8.55. The molecular weight excluding hydrogens is 413 g/mol. The van der Waals surface area contributed by atoms with Crippen LogP contribution < -0.4 is 5.73 Å². The normalized spacial score (nSPS) is 12.6. The van der Waals surface area contributed by atoms with E-state index >= 15 is 0 Å². The summed E-state index contributed by atoms with van der Waals surface area (Å²) in [6.45, 7) is 0. The van der Waals surface area contributed by atoms with Gasteiger partial charge in [-0.05, 0) is 56.0 Å². The van der Waals surface area contributed by atoms with Crippen LogP contribution in [-0.4, -0.2) is 0 Å². The minimum atomic E-state index is -0.214. The standard InChI is InChI=1S/C17H12Br2ClN/c18-14-8-6-13(11-3-1-2-4-12(11)14)17(21)10-5-7-15(19)16(20)9-10/h1-9,17H,21H2. The predicted octanol–water partition coefficient (Wildman–Crippen LogP) is 6.07. The zero-order chi connectivity index (χ0) is 15.0. The molecule has 0 radical (unpaired) electrons. The molecule has 0 fully saturated rings. The lowest BCUT2D eigenvalue weighted by Crippen LogP contribution is -2.12. The molecule has 0 aliphatic carbocycles. The van der Waals surface area contributed by atoms with Crippen LogP contribution in [0.3, 0.4) is 0 Å². The molecule has 106 valence electrons. The summed E-state index contributed by atoms with van der Waals surface area (Å²) in [5, 5.41) is 2.98. The van der Waals surface area contributed by atoms with Crippen LogP contribution in [0.1, 0.15) is 17.2 Å². The van der Waals surface area contributed by atoms with Crippen LogP contribution in [0.15, 0.2) is 63.5 Å². The molecule has 0 aliphatic heterocycles. The lowest BCUT2D eigenvalue weighted by molar-refractivity contribution is 0.880. The summed E-state index contributed by atoms with van der Waals surface area (Å²) in [6, 6.07) is 18.0. The second-order valence-corrected chi connectivity index (χ2v) is 6.95. The van der Waals surface area contributed by atoms with Crippen molar-refractivity contribution in [2.24, 2.45) is 5.73 Å². The highest BCUT2D eigenvalue weighted by molar-refractivity contribution is 9.11. The highest BCUT2D eigenvalue weighted by Crippen LogP contribution is 2.33. The van der Waals surface area contributed by atoms with E-state index in [1.54, 1.807) is 0 Å². The van der Waals surface area contributed by atoms with Gasteiger partial charge >= 0.3 is 0 Å². The van der Waals surface area contributed by atoms with Gasteiger partial charge in [-0.25, -0.2) is 0 Å². The Morgan fingerprint density at radius 3 is 2.24 bits per heavy atom. The number of nitrogens with two attached hydrogens (primary N) is 1. The molecule has 21 heavy (non-hydrogen) atoms. The quantitative estimate of drug-likeness (QED) is 0.530. The maximum Gasteiger partial charge on any atom is 0.0558 e. The molecule has 2 N–H and O–H groups in total. The van der Waals surface area contributed by atoms with Crippen molar-refractivity contribution in [3.05, 3.63) is 79.7 Å². The number of halogens is 3. The van der Waals surface area contributed by atoms with Crippen LogP contribution >= 0.6 is 43.5 Å². The fourth-order valence-electron chi connectivity index (χ4n) is 2.44. The van der Waals surface area contributed by atoms with E-state index in [1.807, 2.05) is 36.4 Å². The average Bonchev–Trinajstić information content (AvgIpc) is 2.50. The number of benzene rings is 3. The number of hydrogen-bond donors (Lipinski definition) is 1. The third-order valence-corrected chi connectivity index (χ3v) is 5.47. The van der Waals surface area contributed by atoms with Crippen molar-refractivity contribution in [3.63, 3.8) is 0 Å². The second-order valence-electron chi connectivity index (χ2n) is 4.83. The van der Waals surface area contributed by atoms with E-state index in [0.29, 0.717) is 5.02 Å². The first-order chi connectivity index (χ1) is 10.1. The Kier molecular flexibility index (Phi) is 4.36. The number of rotatable bonds is 2. The molecule has 0 bridgehead atoms. The van der Waals surface area contributed by atoms with Gasteiger partial charge in [0, 0.05) is 8.95 Å². The zero-order valence-electron chi connectivity index (χ0n) is 11.0. The van der Waals surface area contributed by atoms with Crippen molar-refractivity contribution in [2.75, 3.05) is 0 Å². The third-order valence-electron chi connectivity index (χ3n) is 3.54. The van der Waals surface area contributed by atoms with Gasteiger partial charge in [0.05, 0.1) is 11.1 Å². The van der Waals surface area contributed by atoms with Gasteiger partial charge in [0.1, 0.15) is 0 Å². The molecule has 1 nitrogen and oxygen atoms in total. The zero-order valence-corrected chi connectivity index (χ0v) is 14.9. The predicted molar refractivity (Wildman–Crippen MR) is 96.8 cm³/mol. The molecule has 1 unspecified atom stereocenters. The first-order valence-electron chi connectivity index (χ1n) is 6.45. The largest absolute Gasteiger partial charge is 0.320 e. The maximum atomic E-state index is 6.46. The second kappa shape index (κ2) is 6.09. The Morgan fingerprint density at radius 1 is 0.857 bits per heavy atom. The van der Waals surface area contributed by atoms with Gasteiger partial charge in [-0.2, -0.15) is 0 Å². The number of hydrogen-bond acceptors (Lipinski definition) is 1. The lowest BCUT2D eigenvalue weighted by atomic mass is 9.94. The molecule has 0 aromatic heterocycles. The molecule has 0 spiro atoms. The molecule has 3 aromatic carbocycles. The van der Waals surface area contributed by atoms with Gasteiger partial charge in [-0.15, -0.1) is 0 Å². The van der Waals surface area contributed by atoms with E-state index in [9.17, 15) is 0 Å². The Bertz CT molecular complexity index is 817. The Hall–Kier alpha value is -0.870. The Labute approximate surface area is 145 Å². The summed E-state index contributed by atoms with van der Waals surface area (Å²) < 4.78 is 1.95. The van der Waals surface area contributed by atoms with Crippen LogP contribution in [0, 0.1) is 0 Å². The maximum absolute atomic E-state index is 6.46. The molecule has 0 saturated carbocycles. The van der Waals surface area contributed by atoms with Crippen LogP contribution in [-0.2, 0) is 0 Å². The summed E-state index contributed by atoms with van der Waals surface area (Å²) >= 11 is 13.2. The van der Waals surface area contributed by atoms with Gasteiger partial charge < -0.3 is 5.73 Å². The first kappa shape index (κ1) is 15.0. The van der Waals surface area contributed by atoms with E-state index in [4.69, 9.17) is 17.3 Å². The minimum absolute atomic E-state index is 0.214. The minimum Gasteiger partial charge on any atom is -0.320 e. The molecule has 0 aliphatic rings. The van der Waals surface area contributed by atoms with Gasteiger partial charge in [0.15, 0.2) is 0 Å². The van der Waals surface area contributed by atoms with Crippen molar-refractivity contribution in [2.45, 2.75) is 6.04 Å². The van der Waals surface area contributed by atoms with Gasteiger partial charge in [-0.1, -0.05) is 63.9 Å². The molecular formula is C17H12Br2ClN. The average molecular weight is 426 g/mol. The highest BCUT2D eigenvalue weighted by atomic mass is 79.9. The van der Waals surface area contributed by atoms with Gasteiger partial charge in [0.2, 0.25) is 0 Å². The van der Waals surface area contributed by atoms with Crippen molar-refractivity contribution >= 4 is 54.2 Å². The van der Waals surface area contributed by atoms with Gasteiger partial charge in [0.25, 0.3) is 0 Å². The molecule has 0 saturated heterocycles. The fourth-order valence-corrected chi connectivity index (χ4v) is 3.36. The molecule has 3 rings (SSSR count). The van der Waals surface area contributed by atoms with E-state index < -0.39 is 0 Å². The topological polar surface area (TPSA) is 26.0 Å². The summed E-state index contributed by atoms with van der Waals surface area (Å²) in [7, 11) is 0. The van der Waals surface area contributed by atoms with Crippen LogP contribution in [0.2, 0.25) is 5.02 Å². The molecule has 0 heterocycles. The van der Waals surface area contributed by atoms with Crippen molar-refractivity contribution < 1.29 is 0 Å². The SMILES string of the molecule is NC(c1ccc(Br)c(Cl)c1)c1ccc(Br)c2ccccc12. The summed E-state index contributed by atoms with van der Waals surface area (Å²) in [6.07, 6.45) is 0. The summed E-state index contributed by atoms with van der Waals surface area (Å²) in [4.78, 5) is 0. The van der Waals surface area contributed by atoms with Crippen molar-refractivity contribution in [1.82, 2.24) is 0 Å². The Morgan fingerprint density at radius 2 is 1.52 bits per heavy atom. The smallest absolute Gasteiger partial charge is 0.0558 e. The molecule has 3 aromatic rings. The fraction of sp³-hybridized carbons (Fsp3) is 0.0588. The van der Waals surface area contributed by atoms with E-state index in [0.717, 1.165) is 30.8 Å². The molecule has 4 heteroatoms. The van der Waals surface area contributed by atoms with Crippen molar-refractivity contribution in [3.8, 4) is 0 Å². The molecule has 1 atom stereocenters. The lowest BCUT2D eigenvalue weighted by Gasteiger charge is -2.16. The van der Waals surface area contributed by atoms with E-state index in [1.165, 1.54) is 0 Å². The van der Waals surface area contributed by atoms with Crippen LogP contribution in [0.5, 0.6) is 0 Å². The van der Waals surface area contributed by atoms with E-state index in [-0.39, 0.29) is 6.04 Å². The van der Waals surface area contributed by atoms with Crippen molar-refractivity contribution in [1.29, 1.82) is 0 Å².